The molecular formula is C8H9ClMgO. The second-order valence-electron chi connectivity index (χ2n) is 2.10. The van der Waals surface area contributed by atoms with Crippen molar-refractivity contribution >= 4 is 21.7 Å². The molecule has 0 atom stereocenters. The third-order valence-corrected chi connectivity index (χ3v) is 2.00. The van der Waals surface area contributed by atoms with E-state index in [2.05, 4.69) is 12.1 Å². The summed E-state index contributed by atoms with van der Waals surface area (Å²) < 4.78 is 6.15. The molecule has 0 amide bonds. The van der Waals surface area contributed by atoms with Gasteiger partial charge in [-0.2, -0.15) is 0 Å². The molecule has 0 spiro atoms. The normalized spacial score (nSPS) is 8.64. The Morgan fingerprint density at radius 1 is 1.45 bits per heavy atom. The van der Waals surface area contributed by atoms with Gasteiger partial charge in [-0.25, -0.2) is 0 Å². The van der Waals surface area contributed by atoms with E-state index in [0.717, 1.165) is 10.3 Å². The second kappa shape index (κ2) is 5.69. The molecule has 0 bridgehead atoms. The van der Waals surface area contributed by atoms with Crippen LogP contribution in [0.2, 0.25) is 0 Å². The molecule has 0 aliphatic rings. The van der Waals surface area contributed by atoms with E-state index in [-0.39, 0.29) is 12.4 Å². The van der Waals surface area contributed by atoms with E-state index in [9.17, 15) is 0 Å². The van der Waals surface area contributed by atoms with Crippen molar-refractivity contribution in [3.63, 3.8) is 0 Å². The van der Waals surface area contributed by atoms with Gasteiger partial charge < -0.3 is 12.4 Å². The van der Waals surface area contributed by atoms with Gasteiger partial charge in [0.1, 0.15) is 0 Å². The quantitative estimate of drug-likeness (QED) is 0.497. The van der Waals surface area contributed by atoms with Gasteiger partial charge in [0.2, 0.25) is 0 Å². The summed E-state index contributed by atoms with van der Waals surface area (Å²) in [7, 11) is 1.69. The van der Waals surface area contributed by atoms with E-state index < -0.39 is 0 Å². The molecule has 0 unspecified atom stereocenters. The molecule has 0 fully saturated rings. The van der Waals surface area contributed by atoms with Crippen molar-refractivity contribution in [2.75, 3.05) is 7.11 Å². The van der Waals surface area contributed by atoms with E-state index in [1.807, 2.05) is 33.8 Å². The van der Waals surface area contributed by atoms with E-state index in [1.54, 1.807) is 7.11 Å². The van der Waals surface area contributed by atoms with Crippen LogP contribution in [-0.4, -0.2) is 28.8 Å². The number of halogens is 1. The Morgan fingerprint density at radius 3 is 2.73 bits per heavy atom. The molecule has 0 aromatic heterocycles. The molecule has 0 aliphatic heterocycles. The zero-order valence-corrected chi connectivity index (χ0v) is 8.68. The largest absolute Gasteiger partial charge is 1.00 e. The molecule has 1 aromatic carbocycles. The number of benzene rings is 1. The third kappa shape index (κ3) is 3.32. The van der Waals surface area contributed by atoms with Crippen LogP contribution in [0, 0.1) is 0 Å². The van der Waals surface area contributed by atoms with Crippen LogP contribution in [0.5, 0.6) is 5.75 Å². The van der Waals surface area contributed by atoms with Crippen LogP contribution >= 0.6 is 0 Å². The third-order valence-electron chi connectivity index (χ3n) is 1.42. The Hall–Kier alpha value is 0.0762. The summed E-state index contributed by atoms with van der Waals surface area (Å²) in [5.74, 6) is 0.948. The minimum absolute atomic E-state index is 0. The fourth-order valence-corrected chi connectivity index (χ4v) is 1.14. The molecule has 0 aliphatic carbocycles. The van der Waals surface area contributed by atoms with Crippen molar-refractivity contribution in [3.8, 4) is 5.75 Å². The fraction of sp³-hybridized carbons (Fsp3) is 0.250. The average Bonchev–Trinajstić information content (AvgIpc) is 2.05. The molecule has 0 saturated heterocycles. The van der Waals surface area contributed by atoms with Gasteiger partial charge in [-0.3, -0.25) is 0 Å². The molecule has 0 heterocycles. The fourth-order valence-electron chi connectivity index (χ4n) is 0.828. The Balaban J connectivity index is 0.000001000. The number of hydrogen-bond acceptors (Lipinski definition) is 1. The van der Waals surface area contributed by atoms with Crippen molar-refractivity contribution in [1.82, 2.24) is 0 Å². The van der Waals surface area contributed by atoms with Crippen molar-refractivity contribution in [2.24, 2.45) is 0 Å². The van der Waals surface area contributed by atoms with Crippen LogP contribution in [-0.2, 0) is 4.55 Å². The van der Waals surface area contributed by atoms with Crippen LogP contribution in [0.25, 0.3) is 0 Å². The molecule has 3 heteroatoms. The monoisotopic (exact) mass is 180 g/mol. The summed E-state index contributed by atoms with van der Waals surface area (Å²) in [5.41, 5.74) is 1.33. The summed E-state index contributed by atoms with van der Waals surface area (Å²) in [6.45, 7) is 0. The van der Waals surface area contributed by atoms with E-state index in [4.69, 9.17) is 4.74 Å². The maximum Gasteiger partial charge on any atom is -1.00 e. The zero-order chi connectivity index (χ0) is 7.40. The smallest absolute Gasteiger partial charge is 1.00 e. The van der Waals surface area contributed by atoms with Crippen LogP contribution in [0.3, 0.4) is 0 Å². The topological polar surface area (TPSA) is 9.23 Å². The van der Waals surface area contributed by atoms with Crippen molar-refractivity contribution in [2.45, 2.75) is 4.55 Å². The number of ether oxygens (including phenoxy) is 1. The molecule has 0 radical (unpaired) electrons. The SMILES string of the molecule is COc1cccc([CH2][Mg+])c1.[Cl-]. The Labute approximate surface area is 86.0 Å². The minimum atomic E-state index is 0. The van der Waals surface area contributed by atoms with Gasteiger partial charge in [-0.15, -0.1) is 0 Å². The van der Waals surface area contributed by atoms with Crippen molar-refractivity contribution < 1.29 is 17.1 Å². The predicted octanol–water partition coefficient (Wildman–Crippen LogP) is -1.63. The van der Waals surface area contributed by atoms with Gasteiger partial charge >= 0.3 is 73.7 Å². The standard InChI is InChI=1S/C8H9O.ClH.Mg/c1-7-4-3-5-8(6-7)9-2;;/h3-6H,1H2,2H3;1H;/q;;+1/p-1. The first-order chi connectivity index (χ1) is 4.86. The average molecular weight is 181 g/mol. The number of methoxy groups -OCH3 is 1. The van der Waals surface area contributed by atoms with Crippen LogP contribution < -0.4 is 17.1 Å². The minimum Gasteiger partial charge on any atom is -1.00 e. The maximum absolute atomic E-state index is 5.06. The van der Waals surface area contributed by atoms with Crippen LogP contribution in [0.1, 0.15) is 5.56 Å². The van der Waals surface area contributed by atoms with Gasteiger partial charge in [-0.1, -0.05) is 0 Å². The Morgan fingerprint density at radius 2 is 2.18 bits per heavy atom. The zero-order valence-electron chi connectivity index (χ0n) is 6.51. The van der Waals surface area contributed by atoms with Crippen molar-refractivity contribution in [3.05, 3.63) is 29.8 Å². The molecular weight excluding hydrogens is 172 g/mol. The summed E-state index contributed by atoms with van der Waals surface area (Å²) in [5, 5.41) is 0. The van der Waals surface area contributed by atoms with Gasteiger partial charge in [0.15, 0.2) is 0 Å². The summed E-state index contributed by atoms with van der Waals surface area (Å²) >= 11 is 1.95. The van der Waals surface area contributed by atoms with Gasteiger partial charge in [0.25, 0.3) is 0 Å². The Kier molecular flexibility index (Phi) is 5.73. The van der Waals surface area contributed by atoms with Gasteiger partial charge in [-0.05, 0) is 0 Å². The Bertz CT molecular complexity index is 196. The van der Waals surface area contributed by atoms with E-state index >= 15 is 0 Å². The molecule has 0 N–H and O–H groups in total. The molecule has 1 nitrogen and oxygen atoms in total. The first-order valence-electron chi connectivity index (χ1n) is 3.29. The number of rotatable bonds is 2. The molecule has 1 rings (SSSR count). The van der Waals surface area contributed by atoms with E-state index in [1.165, 1.54) is 5.56 Å². The first kappa shape index (κ1) is 11.1. The number of hydrogen-bond donors (Lipinski definition) is 0. The molecule has 1 aromatic rings. The first-order valence-corrected chi connectivity index (χ1v) is 4.29. The molecule has 11 heavy (non-hydrogen) atoms. The summed E-state index contributed by atoms with van der Waals surface area (Å²) in [4.78, 5) is 0. The van der Waals surface area contributed by atoms with Crippen LogP contribution in [0.4, 0.5) is 0 Å². The van der Waals surface area contributed by atoms with E-state index in [0.29, 0.717) is 0 Å². The maximum atomic E-state index is 5.06. The summed E-state index contributed by atoms with van der Waals surface area (Å²) in [6, 6.07) is 8.15. The second-order valence-corrected chi connectivity index (χ2v) is 2.60. The summed E-state index contributed by atoms with van der Waals surface area (Å²) in [6.07, 6.45) is 0. The van der Waals surface area contributed by atoms with Crippen LogP contribution in [0.15, 0.2) is 24.3 Å². The van der Waals surface area contributed by atoms with Gasteiger partial charge in [0.05, 0.1) is 0 Å². The van der Waals surface area contributed by atoms with Crippen molar-refractivity contribution in [1.29, 1.82) is 0 Å². The molecule has 56 valence electrons. The predicted molar refractivity (Wildman–Crippen MR) is 42.5 cm³/mol. The van der Waals surface area contributed by atoms with Gasteiger partial charge in [0, 0.05) is 0 Å². The molecule has 0 saturated carbocycles.